The van der Waals surface area contributed by atoms with Crippen LogP contribution in [0.2, 0.25) is 0 Å². The van der Waals surface area contributed by atoms with E-state index in [2.05, 4.69) is 11.4 Å². The first-order valence-corrected chi connectivity index (χ1v) is 13.4. The monoisotopic (exact) mass is 540 g/mol. The second kappa shape index (κ2) is 8.01. The van der Waals surface area contributed by atoms with Gasteiger partial charge in [0.25, 0.3) is 0 Å². The van der Waals surface area contributed by atoms with Gasteiger partial charge in [-0.2, -0.15) is 23.0 Å². The summed E-state index contributed by atoms with van der Waals surface area (Å²) in [6.07, 6.45) is -1.47. The van der Waals surface area contributed by atoms with Crippen LogP contribution in [0.3, 0.4) is 0 Å². The smallest absolute Gasteiger partial charge is 0.462 e. The van der Waals surface area contributed by atoms with E-state index in [0.717, 1.165) is 19.3 Å². The van der Waals surface area contributed by atoms with E-state index < -0.39 is 46.9 Å². The topological polar surface area (TPSA) is 112 Å². The van der Waals surface area contributed by atoms with E-state index >= 15 is 0 Å². The molecule has 1 heterocycles. The molecule has 0 aromatic heterocycles. The Morgan fingerprint density at radius 1 is 1.13 bits per heavy atom. The normalized spacial score (nSPS) is 43.1. The summed E-state index contributed by atoms with van der Waals surface area (Å²) in [5.74, 6) is -2.29. The molecule has 1 aliphatic heterocycles. The quantitative estimate of drug-likeness (QED) is 0.302. The number of nitrogens with one attached hydrogen (secondary N) is 1. The molecule has 0 aromatic carbocycles. The second-order valence-electron chi connectivity index (χ2n) is 14.0. The van der Waals surface area contributed by atoms with Crippen LogP contribution in [0.4, 0.5) is 18.0 Å². The first-order chi connectivity index (χ1) is 17.4. The van der Waals surface area contributed by atoms with Crippen molar-refractivity contribution < 1.29 is 41.9 Å². The Kier molecular flexibility index (Phi) is 5.71. The van der Waals surface area contributed by atoms with Crippen molar-refractivity contribution in [2.45, 2.75) is 121 Å². The molecule has 8 nitrogen and oxygen atoms in total. The molecule has 5 rings (SSSR count). The summed E-state index contributed by atoms with van der Waals surface area (Å²) in [5, 5.41) is 24.6. The van der Waals surface area contributed by atoms with Gasteiger partial charge in [-0.1, -0.05) is 6.92 Å². The molecule has 0 spiro atoms. The second-order valence-corrected chi connectivity index (χ2v) is 14.0. The third kappa shape index (κ3) is 4.32. The molecule has 1 saturated heterocycles. The van der Waals surface area contributed by atoms with Gasteiger partial charge in [-0.3, -0.25) is 0 Å². The molecule has 38 heavy (non-hydrogen) atoms. The molecule has 1 amide bonds. The van der Waals surface area contributed by atoms with E-state index in [1.54, 1.807) is 25.3 Å². The highest BCUT2D eigenvalue weighted by Crippen LogP contribution is 2.86. The number of nitriles is 1. The Balaban J connectivity index is 1.56. The maximum Gasteiger partial charge on any atom is 0.490 e. The van der Waals surface area contributed by atoms with Gasteiger partial charge in [-0.25, -0.2) is 9.59 Å². The molecule has 11 heteroatoms. The van der Waals surface area contributed by atoms with E-state index in [4.69, 9.17) is 9.47 Å². The molecular weight excluding hydrogens is 503 g/mol. The van der Waals surface area contributed by atoms with E-state index in [0.29, 0.717) is 19.3 Å². The van der Waals surface area contributed by atoms with E-state index in [9.17, 15) is 33.1 Å². The maximum atomic E-state index is 13.2. The summed E-state index contributed by atoms with van der Waals surface area (Å²) in [7, 11) is 0. The van der Waals surface area contributed by atoms with Crippen LogP contribution >= 0.6 is 0 Å². The molecule has 4 saturated carbocycles. The first kappa shape index (κ1) is 27.1. The van der Waals surface area contributed by atoms with Gasteiger partial charge >= 0.3 is 24.1 Å². The summed E-state index contributed by atoms with van der Waals surface area (Å²) >= 11 is 0. The molecule has 4 aliphatic carbocycles. The Morgan fingerprint density at radius 2 is 1.79 bits per heavy atom. The number of carbonyl (C=O) groups is 2. The summed E-state index contributed by atoms with van der Waals surface area (Å²) in [4.78, 5) is 25.0. The van der Waals surface area contributed by atoms with E-state index in [-0.39, 0.29) is 41.5 Å². The van der Waals surface area contributed by atoms with Crippen molar-refractivity contribution in [2.24, 2.45) is 22.7 Å². The first-order valence-electron chi connectivity index (χ1n) is 13.4. The SMILES string of the molecule is CC1CC2CC(C)(OC(=O)C(F)(F)F)CC([C@H](NC(=O)OC(C)(C)C)C(O)=[N+]3[C@H](C#N)CC45CC34C5)(C1)C2. The minimum Gasteiger partial charge on any atom is -0.462 e. The Labute approximate surface area is 220 Å². The zero-order valence-corrected chi connectivity index (χ0v) is 22.6. The van der Waals surface area contributed by atoms with E-state index in [1.807, 2.05) is 6.92 Å². The number of alkyl carbamates (subject to hydrolysis) is 1. The summed E-state index contributed by atoms with van der Waals surface area (Å²) in [6, 6.07) is 0.715. The number of halogens is 3. The Morgan fingerprint density at radius 3 is 2.37 bits per heavy atom. The van der Waals surface area contributed by atoms with Gasteiger partial charge in [0.2, 0.25) is 6.04 Å². The highest BCUT2D eigenvalue weighted by molar-refractivity contribution is 5.83. The van der Waals surface area contributed by atoms with Crippen LogP contribution in [0.1, 0.15) is 86.0 Å². The van der Waals surface area contributed by atoms with Crippen LogP contribution in [-0.2, 0) is 14.3 Å². The number of esters is 1. The minimum atomic E-state index is -5.13. The number of carbonyl (C=O) groups excluding carboxylic acids is 2. The molecule has 6 atom stereocenters. The van der Waals surface area contributed by atoms with Crippen LogP contribution in [0.25, 0.3) is 0 Å². The number of nitrogens with zero attached hydrogens (tertiary/aromatic N) is 2. The summed E-state index contributed by atoms with van der Waals surface area (Å²) in [6.45, 7) is 8.69. The van der Waals surface area contributed by atoms with Crippen molar-refractivity contribution in [3.8, 4) is 6.07 Å². The van der Waals surface area contributed by atoms with Gasteiger partial charge in [0, 0.05) is 24.7 Å². The maximum absolute atomic E-state index is 13.2. The van der Waals surface area contributed by atoms with Crippen molar-refractivity contribution in [3.63, 3.8) is 0 Å². The highest BCUT2D eigenvalue weighted by atomic mass is 19.4. The molecule has 0 radical (unpaired) electrons. The van der Waals surface area contributed by atoms with Gasteiger partial charge in [0.05, 0.1) is 5.41 Å². The summed E-state index contributed by atoms with van der Waals surface area (Å²) in [5.41, 5.74) is -3.43. The van der Waals surface area contributed by atoms with E-state index in [1.165, 1.54) is 6.92 Å². The molecule has 210 valence electrons. The number of alkyl halides is 3. The number of hydrogen-bond donors (Lipinski definition) is 2. The molecule has 2 bridgehead atoms. The molecule has 5 aliphatic rings. The van der Waals surface area contributed by atoms with Crippen LogP contribution in [0.5, 0.6) is 0 Å². The van der Waals surface area contributed by atoms with Crippen LogP contribution in [-0.4, -0.2) is 62.6 Å². The predicted molar refractivity (Wildman–Crippen MR) is 128 cm³/mol. The fourth-order valence-corrected chi connectivity index (χ4v) is 8.55. The lowest BCUT2D eigenvalue weighted by molar-refractivity contribution is -0.587. The van der Waals surface area contributed by atoms with Gasteiger partial charge in [0.1, 0.15) is 17.3 Å². The number of rotatable bonds is 4. The lowest BCUT2D eigenvalue weighted by Crippen LogP contribution is -2.63. The third-order valence-electron chi connectivity index (χ3n) is 9.49. The number of hydrogen-bond acceptors (Lipinski definition) is 5. The van der Waals surface area contributed by atoms with Crippen LogP contribution in [0.15, 0.2) is 0 Å². The lowest BCUT2D eigenvalue weighted by atomic mass is 9.53. The van der Waals surface area contributed by atoms with Gasteiger partial charge < -0.3 is 19.9 Å². The average molecular weight is 541 g/mol. The molecule has 2 N–H and O–H groups in total. The molecule has 0 aromatic rings. The lowest BCUT2D eigenvalue weighted by Gasteiger charge is -2.55. The molecular formula is C27H37F3N3O5+. The third-order valence-corrected chi connectivity index (χ3v) is 9.49. The standard InChI is InChI=1S/C27H36F3N3O5/c1-15-6-16-8-23(5,37-20(35)27(28,29)30)12-24(7-15,9-16)18(32-21(36)38-22(2,3)4)19(34)33-17(11-31)10-25-13-26(25,33)14-25/h15-18H,6-10,12-14H2,1-5H3,(H,32,36)/p+1/t15?,16?,17-,18+,23?,24?,25?,26?/m0/s1. The van der Waals surface area contributed by atoms with Crippen LogP contribution < -0.4 is 5.32 Å². The van der Waals surface area contributed by atoms with Gasteiger partial charge in [0.15, 0.2) is 11.6 Å². The van der Waals surface area contributed by atoms with Crippen molar-refractivity contribution >= 4 is 18.0 Å². The number of piperidine rings is 2. The highest BCUT2D eigenvalue weighted by Gasteiger charge is 2.97. The van der Waals surface area contributed by atoms with Crippen molar-refractivity contribution in [1.29, 1.82) is 5.26 Å². The zero-order chi connectivity index (χ0) is 28.1. The number of aliphatic hydroxyl groups excluding tert-OH is 1. The van der Waals surface area contributed by atoms with Crippen molar-refractivity contribution in [1.82, 2.24) is 5.32 Å². The Bertz CT molecular complexity index is 1130. The molecule has 5 fully saturated rings. The van der Waals surface area contributed by atoms with Gasteiger partial charge in [-0.05, 0) is 71.6 Å². The number of aliphatic hydroxyl groups is 1. The fraction of sp³-hybridized carbons (Fsp3) is 0.852. The van der Waals surface area contributed by atoms with Crippen molar-refractivity contribution in [3.05, 3.63) is 0 Å². The minimum absolute atomic E-state index is 0.0242. The molecule has 4 unspecified atom stereocenters. The average Bonchev–Trinajstić information content (AvgIpc) is 3.49. The largest absolute Gasteiger partial charge is 0.490 e. The fourth-order valence-electron chi connectivity index (χ4n) is 8.55. The Hall–Kier alpha value is -2.51. The van der Waals surface area contributed by atoms with Crippen molar-refractivity contribution in [2.75, 3.05) is 0 Å². The summed E-state index contributed by atoms with van der Waals surface area (Å²) < 4.78 is 52.0. The number of amides is 1. The predicted octanol–water partition coefficient (Wildman–Crippen LogP) is 4.76. The zero-order valence-electron chi connectivity index (χ0n) is 22.6. The number of fused-ring (bicyclic) bond motifs is 2. The number of ether oxygens (including phenoxy) is 2. The van der Waals surface area contributed by atoms with Crippen LogP contribution in [0, 0.1) is 34.0 Å². The van der Waals surface area contributed by atoms with Gasteiger partial charge in [-0.15, -0.1) is 0 Å².